The number of rotatable bonds is 7. The molecule has 0 aromatic heterocycles. The SMILES string of the molecule is CN(C)c1ccc(CCNC(N)=NCc2ccc(OC(F)(F)F)cc2)cc1.I. The van der Waals surface area contributed by atoms with E-state index in [2.05, 4.69) is 39.3 Å². The summed E-state index contributed by atoms with van der Waals surface area (Å²) in [6, 6.07) is 13.8. The van der Waals surface area contributed by atoms with Crippen molar-refractivity contribution in [2.24, 2.45) is 10.7 Å². The average molecular weight is 508 g/mol. The molecule has 154 valence electrons. The molecule has 0 bridgehead atoms. The van der Waals surface area contributed by atoms with Gasteiger partial charge in [0, 0.05) is 26.3 Å². The molecule has 0 aliphatic heterocycles. The summed E-state index contributed by atoms with van der Waals surface area (Å²) in [5.41, 5.74) is 8.87. The molecule has 3 N–H and O–H groups in total. The van der Waals surface area contributed by atoms with E-state index in [4.69, 9.17) is 5.73 Å². The lowest BCUT2D eigenvalue weighted by Crippen LogP contribution is -2.33. The lowest BCUT2D eigenvalue weighted by molar-refractivity contribution is -0.274. The molecule has 5 nitrogen and oxygen atoms in total. The fourth-order valence-electron chi connectivity index (χ4n) is 2.32. The molecule has 0 aliphatic rings. The van der Waals surface area contributed by atoms with Crippen LogP contribution in [-0.4, -0.2) is 33.0 Å². The van der Waals surface area contributed by atoms with Crippen LogP contribution in [0.3, 0.4) is 0 Å². The summed E-state index contributed by atoms with van der Waals surface area (Å²) in [4.78, 5) is 6.22. The number of ether oxygens (including phenoxy) is 1. The van der Waals surface area contributed by atoms with Crippen LogP contribution in [0.5, 0.6) is 5.75 Å². The Labute approximate surface area is 179 Å². The standard InChI is InChI=1S/C19H23F3N4O.HI/c1-26(2)16-7-3-14(4-8-16)11-12-24-18(23)25-13-15-5-9-17(10-6-15)27-19(20,21)22;/h3-10H,11-13H2,1-2H3,(H3,23,24,25);1H. The first-order chi connectivity index (χ1) is 12.7. The van der Waals surface area contributed by atoms with Crippen molar-refractivity contribution in [1.82, 2.24) is 5.32 Å². The molecule has 0 atom stereocenters. The van der Waals surface area contributed by atoms with Crippen molar-refractivity contribution in [3.8, 4) is 5.75 Å². The number of hydrogen-bond donors (Lipinski definition) is 2. The van der Waals surface area contributed by atoms with E-state index >= 15 is 0 Å². The number of alkyl halides is 3. The maximum atomic E-state index is 12.1. The Balaban J connectivity index is 0.00000392. The second kappa shape index (κ2) is 11.0. The Kier molecular flexibility index (Phi) is 9.36. The molecule has 2 aromatic rings. The molecule has 0 saturated heterocycles. The van der Waals surface area contributed by atoms with Crippen molar-refractivity contribution in [2.75, 3.05) is 25.5 Å². The molecule has 0 saturated carbocycles. The van der Waals surface area contributed by atoms with Gasteiger partial charge < -0.3 is 20.7 Å². The first-order valence-corrected chi connectivity index (χ1v) is 8.38. The Morgan fingerprint density at radius 2 is 1.61 bits per heavy atom. The molecular formula is C19H24F3IN4O. The summed E-state index contributed by atoms with van der Waals surface area (Å²) in [5.74, 6) is 0.0251. The van der Waals surface area contributed by atoms with E-state index in [9.17, 15) is 13.2 Å². The highest BCUT2D eigenvalue weighted by atomic mass is 127. The van der Waals surface area contributed by atoms with Crippen molar-refractivity contribution >= 4 is 35.6 Å². The zero-order valence-corrected chi connectivity index (χ0v) is 18.0. The van der Waals surface area contributed by atoms with E-state index in [0.717, 1.165) is 17.7 Å². The smallest absolute Gasteiger partial charge is 0.406 e. The van der Waals surface area contributed by atoms with Crippen LogP contribution in [0.1, 0.15) is 11.1 Å². The summed E-state index contributed by atoms with van der Waals surface area (Å²) in [6.07, 6.45) is -3.89. The number of halogens is 4. The molecule has 0 spiro atoms. The van der Waals surface area contributed by atoms with Gasteiger partial charge in [-0.15, -0.1) is 37.1 Å². The molecule has 0 unspecified atom stereocenters. The number of anilines is 1. The lowest BCUT2D eigenvalue weighted by atomic mass is 10.1. The molecular weight excluding hydrogens is 484 g/mol. The monoisotopic (exact) mass is 508 g/mol. The van der Waals surface area contributed by atoms with E-state index in [1.165, 1.54) is 29.8 Å². The minimum absolute atomic E-state index is 0. The third-order valence-electron chi connectivity index (χ3n) is 3.76. The van der Waals surface area contributed by atoms with Gasteiger partial charge in [-0.2, -0.15) is 0 Å². The third kappa shape index (κ3) is 8.68. The van der Waals surface area contributed by atoms with E-state index in [-0.39, 0.29) is 42.2 Å². The molecule has 0 radical (unpaired) electrons. The molecule has 0 amide bonds. The van der Waals surface area contributed by atoms with Gasteiger partial charge in [0.25, 0.3) is 0 Å². The van der Waals surface area contributed by atoms with Crippen molar-refractivity contribution in [3.63, 3.8) is 0 Å². The van der Waals surface area contributed by atoms with Crippen LogP contribution in [0.2, 0.25) is 0 Å². The fraction of sp³-hybridized carbons (Fsp3) is 0.316. The summed E-state index contributed by atoms with van der Waals surface area (Å²) in [7, 11) is 3.98. The van der Waals surface area contributed by atoms with Gasteiger partial charge in [0.15, 0.2) is 5.96 Å². The number of hydrogen-bond acceptors (Lipinski definition) is 3. The van der Waals surface area contributed by atoms with E-state index < -0.39 is 6.36 Å². The molecule has 0 fully saturated rings. The topological polar surface area (TPSA) is 62.9 Å². The van der Waals surface area contributed by atoms with Gasteiger partial charge in [-0.1, -0.05) is 24.3 Å². The quantitative estimate of drug-likeness (QED) is 0.338. The minimum Gasteiger partial charge on any atom is -0.406 e. The second-order valence-electron chi connectivity index (χ2n) is 6.13. The van der Waals surface area contributed by atoms with Crippen LogP contribution in [0, 0.1) is 0 Å². The average Bonchev–Trinajstić information content (AvgIpc) is 2.60. The van der Waals surface area contributed by atoms with Crippen LogP contribution in [0.15, 0.2) is 53.5 Å². The van der Waals surface area contributed by atoms with Crippen LogP contribution in [0.4, 0.5) is 18.9 Å². The highest BCUT2D eigenvalue weighted by molar-refractivity contribution is 14.0. The molecule has 2 aromatic carbocycles. The normalized spacial score (nSPS) is 11.5. The fourth-order valence-corrected chi connectivity index (χ4v) is 2.32. The summed E-state index contributed by atoms with van der Waals surface area (Å²) < 4.78 is 40.2. The van der Waals surface area contributed by atoms with Crippen molar-refractivity contribution in [2.45, 2.75) is 19.3 Å². The van der Waals surface area contributed by atoms with Crippen molar-refractivity contribution in [3.05, 3.63) is 59.7 Å². The summed E-state index contributed by atoms with van der Waals surface area (Å²) in [6.45, 7) is 0.900. The van der Waals surface area contributed by atoms with Crippen LogP contribution >= 0.6 is 24.0 Å². The number of guanidine groups is 1. The van der Waals surface area contributed by atoms with Gasteiger partial charge in [-0.3, -0.25) is 0 Å². The Morgan fingerprint density at radius 1 is 1.04 bits per heavy atom. The number of benzene rings is 2. The molecule has 0 heterocycles. The van der Waals surface area contributed by atoms with Crippen LogP contribution in [0.25, 0.3) is 0 Å². The maximum absolute atomic E-state index is 12.1. The predicted octanol–water partition coefficient (Wildman–Crippen LogP) is 3.92. The van der Waals surface area contributed by atoms with Gasteiger partial charge >= 0.3 is 6.36 Å². The van der Waals surface area contributed by atoms with Crippen molar-refractivity contribution < 1.29 is 17.9 Å². The summed E-state index contributed by atoms with van der Waals surface area (Å²) >= 11 is 0. The number of nitrogens with one attached hydrogen (secondary N) is 1. The van der Waals surface area contributed by atoms with Crippen LogP contribution < -0.4 is 20.7 Å². The van der Waals surface area contributed by atoms with Gasteiger partial charge in [0.05, 0.1) is 6.54 Å². The highest BCUT2D eigenvalue weighted by Gasteiger charge is 2.30. The second-order valence-corrected chi connectivity index (χ2v) is 6.13. The van der Waals surface area contributed by atoms with E-state index in [0.29, 0.717) is 6.54 Å². The molecule has 28 heavy (non-hydrogen) atoms. The largest absolute Gasteiger partial charge is 0.573 e. The van der Waals surface area contributed by atoms with Gasteiger partial charge in [0.1, 0.15) is 5.75 Å². The molecule has 9 heteroatoms. The number of nitrogens with zero attached hydrogens (tertiary/aromatic N) is 2. The first kappa shape index (κ1) is 23.9. The Bertz CT molecular complexity index is 747. The van der Waals surface area contributed by atoms with Gasteiger partial charge in [-0.25, -0.2) is 4.99 Å². The first-order valence-electron chi connectivity index (χ1n) is 8.38. The van der Waals surface area contributed by atoms with Crippen LogP contribution in [-0.2, 0) is 13.0 Å². The van der Waals surface area contributed by atoms with Gasteiger partial charge in [-0.05, 0) is 41.8 Å². The van der Waals surface area contributed by atoms with E-state index in [1.54, 1.807) is 0 Å². The van der Waals surface area contributed by atoms with E-state index in [1.807, 2.05) is 19.0 Å². The van der Waals surface area contributed by atoms with Gasteiger partial charge in [0.2, 0.25) is 0 Å². The van der Waals surface area contributed by atoms with Crippen molar-refractivity contribution in [1.29, 1.82) is 0 Å². The summed E-state index contributed by atoms with van der Waals surface area (Å²) in [5, 5.41) is 3.03. The number of nitrogens with two attached hydrogens (primary N) is 1. The lowest BCUT2D eigenvalue weighted by Gasteiger charge is -2.12. The zero-order valence-electron chi connectivity index (χ0n) is 15.7. The zero-order chi connectivity index (χ0) is 19.9. The minimum atomic E-state index is -4.69. The predicted molar refractivity (Wildman–Crippen MR) is 116 cm³/mol. The number of aliphatic imine (C=N–C) groups is 1. The maximum Gasteiger partial charge on any atom is 0.573 e. The molecule has 0 aliphatic carbocycles. The Morgan fingerprint density at radius 3 is 2.14 bits per heavy atom. The Hall–Kier alpha value is -2.17. The molecule has 2 rings (SSSR count). The highest BCUT2D eigenvalue weighted by Crippen LogP contribution is 2.22. The third-order valence-corrected chi connectivity index (χ3v) is 3.76.